The second-order valence-corrected chi connectivity index (χ2v) is 8.58. The number of rotatable bonds is 6. The topological polar surface area (TPSA) is 93.7 Å². The van der Waals surface area contributed by atoms with Gasteiger partial charge >= 0.3 is 0 Å². The minimum Gasteiger partial charge on any atom is -0.497 e. The van der Waals surface area contributed by atoms with Crippen LogP contribution in [0.5, 0.6) is 11.5 Å². The van der Waals surface area contributed by atoms with Crippen LogP contribution >= 0.6 is 11.3 Å². The number of aromatic nitrogens is 2. The van der Waals surface area contributed by atoms with Crippen LogP contribution in [0.15, 0.2) is 42.5 Å². The van der Waals surface area contributed by atoms with Crippen LogP contribution in [-0.4, -0.2) is 54.2 Å². The third kappa shape index (κ3) is 5.11. The number of hydrogen-bond donors (Lipinski definition) is 1. The Balaban J connectivity index is 1.45. The van der Waals surface area contributed by atoms with E-state index in [1.807, 2.05) is 0 Å². The minimum atomic E-state index is -0.448. The van der Waals surface area contributed by atoms with Crippen molar-refractivity contribution >= 4 is 28.8 Å². The number of methoxy groups -OCH3 is 2. The highest BCUT2D eigenvalue weighted by atomic mass is 32.1. The SMILES string of the molecule is COc1ccc(C(=O)N2CCC[C@@H](c3nnc(C(=O)Nc4cccc(F)c4)s3)C2)c(OC)c1. The first kappa shape index (κ1) is 22.7. The van der Waals surface area contributed by atoms with Gasteiger partial charge in [-0.15, -0.1) is 10.2 Å². The molecule has 0 unspecified atom stereocenters. The van der Waals surface area contributed by atoms with Crippen LogP contribution in [0.1, 0.15) is 43.9 Å². The Bertz CT molecular complexity index is 1170. The lowest BCUT2D eigenvalue weighted by atomic mass is 9.98. The van der Waals surface area contributed by atoms with E-state index in [1.54, 1.807) is 36.3 Å². The molecule has 2 aromatic carbocycles. The summed E-state index contributed by atoms with van der Waals surface area (Å²) in [5, 5.41) is 11.7. The van der Waals surface area contributed by atoms with E-state index in [-0.39, 0.29) is 16.8 Å². The first-order chi connectivity index (χ1) is 16.0. The molecule has 0 aliphatic carbocycles. The van der Waals surface area contributed by atoms with Crippen molar-refractivity contribution in [3.8, 4) is 11.5 Å². The highest BCUT2D eigenvalue weighted by molar-refractivity contribution is 7.13. The predicted molar refractivity (Wildman–Crippen MR) is 122 cm³/mol. The molecule has 0 saturated carbocycles. The second kappa shape index (κ2) is 9.95. The average molecular weight is 471 g/mol. The van der Waals surface area contributed by atoms with E-state index in [4.69, 9.17) is 9.47 Å². The lowest BCUT2D eigenvalue weighted by Crippen LogP contribution is -2.39. The molecule has 10 heteroatoms. The normalized spacial score (nSPS) is 15.7. The molecule has 1 atom stereocenters. The first-order valence-electron chi connectivity index (χ1n) is 10.4. The Morgan fingerprint density at radius 3 is 2.76 bits per heavy atom. The summed E-state index contributed by atoms with van der Waals surface area (Å²) in [6, 6.07) is 10.8. The van der Waals surface area contributed by atoms with Gasteiger partial charge in [-0.25, -0.2) is 4.39 Å². The predicted octanol–water partition coefficient (Wildman–Crippen LogP) is 3.97. The standard InChI is InChI=1S/C23H23FN4O4S/c1-31-17-8-9-18(19(12-17)32-2)23(30)28-10-4-5-14(13-28)21-26-27-22(33-21)20(29)25-16-7-3-6-15(24)11-16/h3,6-9,11-12,14H,4-5,10,13H2,1-2H3,(H,25,29)/t14-/m1/s1. The lowest BCUT2D eigenvalue weighted by molar-refractivity contribution is 0.0703. The van der Waals surface area contributed by atoms with E-state index < -0.39 is 11.7 Å². The zero-order chi connectivity index (χ0) is 23.4. The number of ether oxygens (including phenoxy) is 2. The molecule has 3 aromatic rings. The Labute approximate surface area is 194 Å². The number of hydrogen-bond acceptors (Lipinski definition) is 7. The molecule has 33 heavy (non-hydrogen) atoms. The number of carbonyl (C=O) groups is 2. The summed E-state index contributed by atoms with van der Waals surface area (Å²) in [4.78, 5) is 27.4. The van der Waals surface area contributed by atoms with Gasteiger partial charge in [0.1, 0.15) is 22.3 Å². The summed E-state index contributed by atoms with van der Waals surface area (Å²) >= 11 is 1.19. The maximum Gasteiger partial charge on any atom is 0.286 e. The molecule has 2 amide bonds. The van der Waals surface area contributed by atoms with Crippen molar-refractivity contribution in [2.24, 2.45) is 0 Å². The zero-order valence-electron chi connectivity index (χ0n) is 18.2. The molecule has 4 rings (SSSR count). The van der Waals surface area contributed by atoms with E-state index in [1.165, 1.54) is 36.6 Å². The number of amides is 2. The van der Waals surface area contributed by atoms with E-state index in [2.05, 4.69) is 15.5 Å². The molecule has 1 aromatic heterocycles. The Morgan fingerprint density at radius 2 is 2.00 bits per heavy atom. The summed E-state index contributed by atoms with van der Waals surface area (Å²) < 4.78 is 23.9. The van der Waals surface area contributed by atoms with Crippen LogP contribution in [0, 0.1) is 5.82 Å². The third-order valence-corrected chi connectivity index (χ3v) is 6.50. The Hall–Kier alpha value is -3.53. The summed E-state index contributed by atoms with van der Waals surface area (Å²) in [6.07, 6.45) is 1.64. The second-order valence-electron chi connectivity index (χ2n) is 7.57. The fraction of sp³-hybridized carbons (Fsp3) is 0.304. The highest BCUT2D eigenvalue weighted by Crippen LogP contribution is 2.32. The van der Waals surface area contributed by atoms with Crippen molar-refractivity contribution < 1.29 is 23.5 Å². The van der Waals surface area contributed by atoms with Gasteiger partial charge in [0.05, 0.1) is 19.8 Å². The molecular formula is C23H23FN4O4S. The zero-order valence-corrected chi connectivity index (χ0v) is 19.0. The molecule has 1 aliphatic rings. The summed E-state index contributed by atoms with van der Waals surface area (Å²) in [5.41, 5.74) is 0.811. The quantitative estimate of drug-likeness (QED) is 0.586. The van der Waals surface area contributed by atoms with Gasteiger partial charge in [0, 0.05) is 30.8 Å². The Morgan fingerprint density at radius 1 is 1.15 bits per heavy atom. The van der Waals surface area contributed by atoms with Crippen LogP contribution in [0.25, 0.3) is 0 Å². The van der Waals surface area contributed by atoms with E-state index >= 15 is 0 Å². The van der Waals surface area contributed by atoms with Gasteiger partial charge in [-0.1, -0.05) is 17.4 Å². The molecule has 1 N–H and O–H groups in total. The van der Waals surface area contributed by atoms with Crippen molar-refractivity contribution in [1.82, 2.24) is 15.1 Å². The highest BCUT2D eigenvalue weighted by Gasteiger charge is 2.30. The fourth-order valence-electron chi connectivity index (χ4n) is 3.75. The summed E-state index contributed by atoms with van der Waals surface area (Å²) in [6.45, 7) is 1.09. The molecule has 8 nitrogen and oxygen atoms in total. The van der Waals surface area contributed by atoms with E-state index in [9.17, 15) is 14.0 Å². The summed E-state index contributed by atoms with van der Waals surface area (Å²) in [5.74, 6) is 0.0155. The maximum atomic E-state index is 13.4. The smallest absolute Gasteiger partial charge is 0.286 e. The molecule has 1 saturated heterocycles. The third-order valence-electron chi connectivity index (χ3n) is 5.41. The van der Waals surface area contributed by atoms with Crippen molar-refractivity contribution in [2.75, 3.05) is 32.6 Å². The van der Waals surface area contributed by atoms with Crippen LogP contribution in [-0.2, 0) is 0 Å². The molecule has 0 bridgehead atoms. The fourth-order valence-corrected chi connectivity index (χ4v) is 4.62. The number of piperidine rings is 1. The van der Waals surface area contributed by atoms with Crippen molar-refractivity contribution in [3.05, 3.63) is 63.9 Å². The Kier molecular flexibility index (Phi) is 6.83. The van der Waals surface area contributed by atoms with Crippen LogP contribution in [0.2, 0.25) is 0 Å². The van der Waals surface area contributed by atoms with Gasteiger partial charge in [0.15, 0.2) is 0 Å². The van der Waals surface area contributed by atoms with Gasteiger partial charge in [0.25, 0.3) is 11.8 Å². The van der Waals surface area contributed by atoms with Crippen molar-refractivity contribution in [3.63, 3.8) is 0 Å². The van der Waals surface area contributed by atoms with Crippen molar-refractivity contribution in [1.29, 1.82) is 0 Å². The van der Waals surface area contributed by atoms with Crippen LogP contribution in [0.3, 0.4) is 0 Å². The molecule has 0 spiro atoms. The van der Waals surface area contributed by atoms with Gasteiger partial charge in [0.2, 0.25) is 5.01 Å². The number of nitrogens with zero attached hydrogens (tertiary/aromatic N) is 3. The molecule has 2 heterocycles. The van der Waals surface area contributed by atoms with Crippen molar-refractivity contribution in [2.45, 2.75) is 18.8 Å². The molecule has 0 radical (unpaired) electrons. The number of carbonyl (C=O) groups excluding carboxylic acids is 2. The van der Waals surface area contributed by atoms with Crippen LogP contribution in [0.4, 0.5) is 10.1 Å². The number of benzene rings is 2. The number of halogens is 1. The van der Waals surface area contributed by atoms with E-state index in [0.717, 1.165) is 12.8 Å². The molecule has 172 valence electrons. The maximum absolute atomic E-state index is 13.4. The largest absolute Gasteiger partial charge is 0.497 e. The van der Waals surface area contributed by atoms with Crippen LogP contribution < -0.4 is 14.8 Å². The van der Waals surface area contributed by atoms with Gasteiger partial charge in [-0.2, -0.15) is 0 Å². The number of likely N-dealkylation sites (tertiary alicyclic amines) is 1. The molecule has 1 aliphatic heterocycles. The number of nitrogens with one attached hydrogen (secondary N) is 1. The monoisotopic (exact) mass is 470 g/mol. The number of anilines is 1. The van der Waals surface area contributed by atoms with Gasteiger partial charge in [-0.05, 0) is 43.2 Å². The minimum absolute atomic E-state index is 0.0276. The first-order valence-corrected chi connectivity index (χ1v) is 11.2. The van der Waals surface area contributed by atoms with Gasteiger partial charge in [-0.3, -0.25) is 9.59 Å². The molecular weight excluding hydrogens is 447 g/mol. The van der Waals surface area contributed by atoms with Gasteiger partial charge < -0.3 is 19.7 Å². The summed E-state index contributed by atoms with van der Waals surface area (Å²) in [7, 11) is 3.07. The van der Waals surface area contributed by atoms with E-state index in [0.29, 0.717) is 40.8 Å². The molecule has 1 fully saturated rings. The average Bonchev–Trinajstić information content (AvgIpc) is 3.34. The lowest BCUT2D eigenvalue weighted by Gasteiger charge is -2.32.